The lowest BCUT2D eigenvalue weighted by Gasteiger charge is -2.13. The third-order valence-electron chi connectivity index (χ3n) is 2.42. The van der Waals surface area contributed by atoms with E-state index in [9.17, 15) is 0 Å². The zero-order chi connectivity index (χ0) is 10.2. The minimum atomic E-state index is 0.612. The Balaban J connectivity index is 2.07. The van der Waals surface area contributed by atoms with Crippen LogP contribution in [0.15, 0.2) is 16.8 Å². The van der Waals surface area contributed by atoms with Crippen LogP contribution < -0.4 is 5.32 Å². The SMILES string of the molecule is CCCCCCC(C)Nc1ccsc1. The van der Waals surface area contributed by atoms with Crippen molar-refractivity contribution >= 4 is 17.0 Å². The molecule has 1 nitrogen and oxygen atoms in total. The molecule has 0 saturated carbocycles. The standard InChI is InChI=1S/C12H21NS/c1-3-4-5-6-7-11(2)13-12-8-9-14-10-12/h8-11,13H,3-7H2,1-2H3. The first kappa shape index (κ1) is 11.6. The van der Waals surface area contributed by atoms with Crippen LogP contribution in [0.2, 0.25) is 0 Å². The first-order valence-corrected chi connectivity index (χ1v) is 6.56. The van der Waals surface area contributed by atoms with Gasteiger partial charge in [0.1, 0.15) is 0 Å². The molecule has 1 atom stereocenters. The summed E-state index contributed by atoms with van der Waals surface area (Å²) in [6.45, 7) is 4.52. The Kier molecular flexibility index (Phi) is 5.69. The van der Waals surface area contributed by atoms with E-state index in [0.29, 0.717) is 6.04 Å². The van der Waals surface area contributed by atoms with Crippen molar-refractivity contribution in [3.8, 4) is 0 Å². The Hall–Kier alpha value is -0.500. The van der Waals surface area contributed by atoms with Gasteiger partial charge in [-0.05, 0) is 24.8 Å². The second-order valence-electron chi connectivity index (χ2n) is 3.91. The quantitative estimate of drug-likeness (QED) is 0.654. The molecule has 1 heterocycles. The van der Waals surface area contributed by atoms with E-state index in [0.717, 1.165) is 0 Å². The highest BCUT2D eigenvalue weighted by atomic mass is 32.1. The van der Waals surface area contributed by atoms with Gasteiger partial charge in [-0.2, -0.15) is 11.3 Å². The number of rotatable bonds is 7. The summed E-state index contributed by atoms with van der Waals surface area (Å²) in [5.74, 6) is 0. The Morgan fingerprint density at radius 1 is 1.36 bits per heavy atom. The van der Waals surface area contributed by atoms with E-state index in [1.165, 1.54) is 37.8 Å². The Labute approximate surface area is 91.5 Å². The van der Waals surface area contributed by atoms with Crippen molar-refractivity contribution in [3.63, 3.8) is 0 Å². The number of thiophene rings is 1. The molecule has 0 bridgehead atoms. The molecule has 1 N–H and O–H groups in total. The molecule has 0 aliphatic carbocycles. The van der Waals surface area contributed by atoms with E-state index in [-0.39, 0.29) is 0 Å². The van der Waals surface area contributed by atoms with Crippen molar-refractivity contribution in [2.45, 2.75) is 52.0 Å². The lowest BCUT2D eigenvalue weighted by atomic mass is 10.1. The molecule has 80 valence electrons. The first-order chi connectivity index (χ1) is 6.83. The smallest absolute Gasteiger partial charge is 0.0450 e. The molecule has 1 unspecified atom stereocenters. The molecular formula is C12H21NS. The van der Waals surface area contributed by atoms with Crippen LogP contribution in [0.5, 0.6) is 0 Å². The second-order valence-corrected chi connectivity index (χ2v) is 4.69. The Morgan fingerprint density at radius 3 is 2.86 bits per heavy atom. The average molecular weight is 211 g/mol. The van der Waals surface area contributed by atoms with Crippen LogP contribution in [0.25, 0.3) is 0 Å². The fourth-order valence-corrected chi connectivity index (χ4v) is 2.18. The third-order valence-corrected chi connectivity index (χ3v) is 3.11. The third kappa shape index (κ3) is 4.66. The van der Waals surface area contributed by atoms with Gasteiger partial charge in [-0.15, -0.1) is 0 Å². The summed E-state index contributed by atoms with van der Waals surface area (Å²) in [4.78, 5) is 0. The van der Waals surface area contributed by atoms with Crippen LogP contribution in [-0.2, 0) is 0 Å². The van der Waals surface area contributed by atoms with E-state index in [4.69, 9.17) is 0 Å². The molecule has 2 heteroatoms. The highest BCUT2D eigenvalue weighted by molar-refractivity contribution is 7.08. The first-order valence-electron chi connectivity index (χ1n) is 5.61. The summed E-state index contributed by atoms with van der Waals surface area (Å²) < 4.78 is 0. The Morgan fingerprint density at radius 2 is 2.21 bits per heavy atom. The molecular weight excluding hydrogens is 190 g/mol. The summed E-state index contributed by atoms with van der Waals surface area (Å²) in [7, 11) is 0. The van der Waals surface area contributed by atoms with E-state index >= 15 is 0 Å². The maximum absolute atomic E-state index is 3.51. The molecule has 0 radical (unpaired) electrons. The second kappa shape index (κ2) is 6.88. The summed E-state index contributed by atoms with van der Waals surface area (Å²) in [6, 6.07) is 2.76. The summed E-state index contributed by atoms with van der Waals surface area (Å²) in [5.41, 5.74) is 1.28. The van der Waals surface area contributed by atoms with Crippen molar-refractivity contribution in [1.29, 1.82) is 0 Å². The van der Waals surface area contributed by atoms with Gasteiger partial charge in [0.15, 0.2) is 0 Å². The van der Waals surface area contributed by atoms with Gasteiger partial charge in [-0.1, -0.05) is 32.6 Å². The zero-order valence-corrected chi connectivity index (χ0v) is 10.1. The average Bonchev–Trinajstić information content (AvgIpc) is 2.65. The van der Waals surface area contributed by atoms with Crippen molar-refractivity contribution in [2.24, 2.45) is 0 Å². The number of hydrogen-bond acceptors (Lipinski definition) is 2. The van der Waals surface area contributed by atoms with Gasteiger partial charge in [0.2, 0.25) is 0 Å². The van der Waals surface area contributed by atoms with Gasteiger partial charge >= 0.3 is 0 Å². The van der Waals surface area contributed by atoms with Crippen molar-refractivity contribution in [2.75, 3.05) is 5.32 Å². The molecule has 14 heavy (non-hydrogen) atoms. The minimum Gasteiger partial charge on any atom is -0.382 e. The van der Waals surface area contributed by atoms with Crippen LogP contribution in [0, 0.1) is 0 Å². The lowest BCUT2D eigenvalue weighted by Crippen LogP contribution is -2.14. The van der Waals surface area contributed by atoms with E-state index in [1.807, 2.05) is 0 Å². The van der Waals surface area contributed by atoms with Gasteiger partial charge in [0.05, 0.1) is 0 Å². The van der Waals surface area contributed by atoms with Gasteiger partial charge < -0.3 is 5.32 Å². The molecule has 0 fully saturated rings. The molecule has 1 rings (SSSR count). The highest BCUT2D eigenvalue weighted by Gasteiger charge is 2.01. The van der Waals surface area contributed by atoms with Crippen LogP contribution in [0.3, 0.4) is 0 Å². The number of unbranched alkanes of at least 4 members (excludes halogenated alkanes) is 3. The van der Waals surface area contributed by atoms with Gasteiger partial charge in [-0.25, -0.2) is 0 Å². The van der Waals surface area contributed by atoms with E-state index in [1.54, 1.807) is 11.3 Å². The lowest BCUT2D eigenvalue weighted by molar-refractivity contribution is 0.594. The van der Waals surface area contributed by atoms with Crippen molar-refractivity contribution in [3.05, 3.63) is 16.8 Å². The monoisotopic (exact) mass is 211 g/mol. The largest absolute Gasteiger partial charge is 0.382 e. The molecule has 0 saturated heterocycles. The van der Waals surface area contributed by atoms with Gasteiger partial charge in [-0.3, -0.25) is 0 Å². The predicted molar refractivity (Wildman–Crippen MR) is 66.2 cm³/mol. The van der Waals surface area contributed by atoms with Gasteiger partial charge in [0.25, 0.3) is 0 Å². The molecule has 0 aliphatic rings. The highest BCUT2D eigenvalue weighted by Crippen LogP contribution is 2.15. The summed E-state index contributed by atoms with van der Waals surface area (Å²) in [6.07, 6.45) is 6.73. The molecule has 0 amide bonds. The predicted octanol–water partition coefficient (Wildman–Crippen LogP) is 4.52. The zero-order valence-electron chi connectivity index (χ0n) is 9.25. The maximum atomic E-state index is 3.51. The fourth-order valence-electron chi connectivity index (χ4n) is 1.58. The number of anilines is 1. The molecule has 0 aliphatic heterocycles. The van der Waals surface area contributed by atoms with Gasteiger partial charge in [0, 0.05) is 17.1 Å². The summed E-state index contributed by atoms with van der Waals surface area (Å²) >= 11 is 1.75. The Bertz CT molecular complexity index is 218. The molecule has 0 spiro atoms. The van der Waals surface area contributed by atoms with E-state index in [2.05, 4.69) is 36.0 Å². The normalized spacial score (nSPS) is 12.7. The van der Waals surface area contributed by atoms with Crippen LogP contribution in [0.4, 0.5) is 5.69 Å². The minimum absolute atomic E-state index is 0.612. The van der Waals surface area contributed by atoms with Crippen molar-refractivity contribution < 1.29 is 0 Å². The topological polar surface area (TPSA) is 12.0 Å². The fraction of sp³-hybridized carbons (Fsp3) is 0.667. The summed E-state index contributed by atoms with van der Waals surface area (Å²) in [5, 5.41) is 7.80. The van der Waals surface area contributed by atoms with Crippen LogP contribution >= 0.6 is 11.3 Å². The number of hydrogen-bond donors (Lipinski definition) is 1. The maximum Gasteiger partial charge on any atom is 0.0450 e. The molecule has 0 aromatic carbocycles. The molecule has 1 aromatic heterocycles. The van der Waals surface area contributed by atoms with Crippen LogP contribution in [-0.4, -0.2) is 6.04 Å². The number of nitrogens with one attached hydrogen (secondary N) is 1. The van der Waals surface area contributed by atoms with E-state index < -0.39 is 0 Å². The van der Waals surface area contributed by atoms with Crippen LogP contribution in [0.1, 0.15) is 46.0 Å². The van der Waals surface area contributed by atoms with Crippen molar-refractivity contribution in [1.82, 2.24) is 0 Å². The molecule has 1 aromatic rings.